The molecule has 23 heavy (non-hydrogen) atoms. The minimum atomic E-state index is -4.42. The maximum absolute atomic E-state index is 13.0. The molecule has 0 fully saturated rings. The summed E-state index contributed by atoms with van der Waals surface area (Å²) in [5, 5.41) is 0. The van der Waals surface area contributed by atoms with E-state index in [9.17, 15) is 18.0 Å². The third-order valence-electron chi connectivity index (χ3n) is 3.73. The molecule has 124 valence electrons. The van der Waals surface area contributed by atoms with E-state index < -0.39 is 23.1 Å². The number of hydrogen-bond acceptors (Lipinski definition) is 2. The van der Waals surface area contributed by atoms with Crippen molar-refractivity contribution >= 4 is 21.9 Å². The van der Waals surface area contributed by atoms with Crippen LogP contribution in [0.2, 0.25) is 0 Å². The van der Waals surface area contributed by atoms with Gasteiger partial charge in [-0.1, -0.05) is 41.1 Å². The highest BCUT2D eigenvalue weighted by atomic mass is 79.9. The smallest absolute Gasteiger partial charge is 0.416 e. The predicted molar refractivity (Wildman–Crippen MR) is 85.3 cm³/mol. The fourth-order valence-corrected chi connectivity index (χ4v) is 2.98. The molecule has 0 aliphatic heterocycles. The first-order valence-electron chi connectivity index (χ1n) is 7.11. The SMILES string of the molecule is CCOC(=O)c1ccc(Br)cc1[C@@]1(C)C=C(C(F)(F)F)C=CC1. The Balaban J connectivity index is 2.56. The van der Waals surface area contributed by atoms with E-state index in [0.717, 1.165) is 6.08 Å². The van der Waals surface area contributed by atoms with Gasteiger partial charge in [0.2, 0.25) is 0 Å². The standard InChI is InChI=1S/C17H16BrF3O2/c1-3-23-15(22)13-7-6-12(18)9-14(13)16(2)8-4-5-11(10-16)17(19,20)21/h4-7,9-10H,3,8H2,1-2H3/t16-/m1/s1. The Morgan fingerprint density at radius 2 is 2.09 bits per heavy atom. The van der Waals surface area contributed by atoms with E-state index >= 15 is 0 Å². The maximum Gasteiger partial charge on any atom is 0.416 e. The second-order valence-electron chi connectivity index (χ2n) is 5.53. The maximum atomic E-state index is 13.0. The van der Waals surface area contributed by atoms with Crippen molar-refractivity contribution in [3.05, 3.63) is 57.6 Å². The lowest BCUT2D eigenvalue weighted by Gasteiger charge is -2.31. The van der Waals surface area contributed by atoms with E-state index in [1.165, 1.54) is 12.2 Å². The molecular weight excluding hydrogens is 373 g/mol. The Morgan fingerprint density at radius 1 is 1.39 bits per heavy atom. The van der Waals surface area contributed by atoms with E-state index in [1.54, 1.807) is 32.0 Å². The summed E-state index contributed by atoms with van der Waals surface area (Å²) in [4.78, 5) is 12.1. The van der Waals surface area contributed by atoms with Gasteiger partial charge in [-0.25, -0.2) is 4.79 Å². The molecule has 1 aliphatic rings. The van der Waals surface area contributed by atoms with Crippen molar-refractivity contribution in [3.63, 3.8) is 0 Å². The predicted octanol–water partition coefficient (Wildman–Crippen LogP) is 5.33. The largest absolute Gasteiger partial charge is 0.462 e. The third kappa shape index (κ3) is 3.86. The van der Waals surface area contributed by atoms with Crippen LogP contribution in [-0.2, 0) is 10.2 Å². The molecule has 0 N–H and O–H groups in total. The first kappa shape index (κ1) is 17.8. The molecule has 0 aromatic heterocycles. The Hall–Kier alpha value is -1.56. The van der Waals surface area contributed by atoms with E-state index in [-0.39, 0.29) is 12.2 Å². The molecule has 0 bridgehead atoms. The van der Waals surface area contributed by atoms with Gasteiger partial charge in [0.05, 0.1) is 17.7 Å². The molecule has 2 rings (SSSR count). The molecule has 6 heteroatoms. The molecule has 1 aliphatic carbocycles. The Labute approximate surface area is 141 Å². The van der Waals surface area contributed by atoms with Crippen LogP contribution >= 0.6 is 15.9 Å². The zero-order valence-corrected chi connectivity index (χ0v) is 14.3. The molecule has 0 heterocycles. The molecule has 1 aromatic rings. The molecule has 0 radical (unpaired) electrons. The van der Waals surface area contributed by atoms with Crippen molar-refractivity contribution < 1.29 is 22.7 Å². The highest BCUT2D eigenvalue weighted by Crippen LogP contribution is 2.41. The Morgan fingerprint density at radius 3 is 2.70 bits per heavy atom. The van der Waals surface area contributed by atoms with E-state index in [0.29, 0.717) is 16.5 Å². The second kappa shape index (κ2) is 6.51. The van der Waals surface area contributed by atoms with Gasteiger partial charge in [-0.2, -0.15) is 13.2 Å². The van der Waals surface area contributed by atoms with Gasteiger partial charge in [0.25, 0.3) is 0 Å². The van der Waals surface area contributed by atoms with E-state index in [4.69, 9.17) is 4.74 Å². The normalized spacial score (nSPS) is 21.0. The van der Waals surface area contributed by atoms with Crippen LogP contribution < -0.4 is 0 Å². The summed E-state index contributed by atoms with van der Waals surface area (Å²) in [7, 11) is 0. The summed E-state index contributed by atoms with van der Waals surface area (Å²) >= 11 is 3.32. The number of allylic oxidation sites excluding steroid dienone is 4. The van der Waals surface area contributed by atoms with Gasteiger partial charge in [-0.3, -0.25) is 0 Å². The van der Waals surface area contributed by atoms with Crippen molar-refractivity contribution in [2.75, 3.05) is 6.61 Å². The first-order valence-corrected chi connectivity index (χ1v) is 7.90. The monoisotopic (exact) mass is 388 g/mol. The molecule has 0 saturated carbocycles. The summed E-state index contributed by atoms with van der Waals surface area (Å²) in [6.45, 7) is 3.57. The zero-order chi connectivity index (χ0) is 17.3. The third-order valence-corrected chi connectivity index (χ3v) is 4.23. The van der Waals surface area contributed by atoms with Crippen molar-refractivity contribution in [2.24, 2.45) is 0 Å². The fourth-order valence-electron chi connectivity index (χ4n) is 2.62. The zero-order valence-electron chi connectivity index (χ0n) is 12.7. The molecule has 1 atom stereocenters. The van der Waals surface area contributed by atoms with Crippen molar-refractivity contribution in [1.82, 2.24) is 0 Å². The van der Waals surface area contributed by atoms with Crippen LogP contribution in [0.1, 0.15) is 36.2 Å². The topological polar surface area (TPSA) is 26.3 Å². The summed E-state index contributed by atoms with van der Waals surface area (Å²) in [5.74, 6) is -0.535. The molecule has 0 amide bonds. The number of carbonyl (C=O) groups is 1. The van der Waals surface area contributed by atoms with Crippen molar-refractivity contribution in [3.8, 4) is 0 Å². The molecular formula is C17H16BrF3O2. The van der Waals surface area contributed by atoms with Crippen LogP contribution in [0.3, 0.4) is 0 Å². The summed E-state index contributed by atoms with van der Waals surface area (Å²) < 4.78 is 44.8. The van der Waals surface area contributed by atoms with Crippen molar-refractivity contribution in [1.29, 1.82) is 0 Å². The van der Waals surface area contributed by atoms with Gasteiger partial charge >= 0.3 is 12.1 Å². The number of alkyl halides is 3. The molecule has 0 unspecified atom stereocenters. The fraction of sp³-hybridized carbons (Fsp3) is 0.353. The minimum absolute atomic E-state index is 0.203. The average molecular weight is 389 g/mol. The van der Waals surface area contributed by atoms with Crippen LogP contribution in [-0.4, -0.2) is 18.8 Å². The lowest BCUT2D eigenvalue weighted by molar-refractivity contribution is -0.0890. The molecule has 0 saturated heterocycles. The number of halogens is 4. The van der Waals surface area contributed by atoms with Crippen LogP contribution in [0.25, 0.3) is 0 Å². The van der Waals surface area contributed by atoms with Crippen LogP contribution in [0.15, 0.2) is 46.5 Å². The summed E-state index contributed by atoms with van der Waals surface area (Å²) in [6.07, 6.45) is -0.316. The Kier molecular flexibility index (Phi) is 5.04. The van der Waals surface area contributed by atoms with Crippen LogP contribution in [0, 0.1) is 0 Å². The summed E-state index contributed by atoms with van der Waals surface area (Å²) in [6, 6.07) is 4.92. The van der Waals surface area contributed by atoms with Gasteiger partial charge in [0.15, 0.2) is 0 Å². The first-order chi connectivity index (χ1) is 10.7. The molecule has 0 spiro atoms. The summed E-state index contributed by atoms with van der Waals surface area (Å²) in [5.41, 5.74) is -0.853. The Bertz CT molecular complexity index is 677. The number of esters is 1. The number of rotatable bonds is 3. The number of benzene rings is 1. The number of carbonyl (C=O) groups excluding carboxylic acids is 1. The van der Waals surface area contributed by atoms with Gasteiger partial charge in [-0.05, 0) is 37.1 Å². The highest BCUT2D eigenvalue weighted by Gasteiger charge is 2.38. The van der Waals surface area contributed by atoms with Crippen LogP contribution in [0.4, 0.5) is 13.2 Å². The number of hydrogen-bond donors (Lipinski definition) is 0. The van der Waals surface area contributed by atoms with E-state index in [1.807, 2.05) is 0 Å². The van der Waals surface area contributed by atoms with Crippen molar-refractivity contribution in [2.45, 2.75) is 31.9 Å². The van der Waals surface area contributed by atoms with Gasteiger partial charge in [-0.15, -0.1) is 0 Å². The highest BCUT2D eigenvalue weighted by molar-refractivity contribution is 9.10. The number of ether oxygens (including phenoxy) is 1. The molecule has 2 nitrogen and oxygen atoms in total. The average Bonchev–Trinajstić information content (AvgIpc) is 2.46. The van der Waals surface area contributed by atoms with Gasteiger partial charge < -0.3 is 4.74 Å². The van der Waals surface area contributed by atoms with Gasteiger partial charge in [0.1, 0.15) is 0 Å². The quantitative estimate of drug-likeness (QED) is 0.653. The van der Waals surface area contributed by atoms with Gasteiger partial charge in [0, 0.05) is 9.89 Å². The van der Waals surface area contributed by atoms with E-state index in [2.05, 4.69) is 15.9 Å². The van der Waals surface area contributed by atoms with Crippen LogP contribution in [0.5, 0.6) is 0 Å². The minimum Gasteiger partial charge on any atom is -0.462 e. The lowest BCUT2D eigenvalue weighted by Crippen LogP contribution is -2.27. The second-order valence-corrected chi connectivity index (χ2v) is 6.45. The molecule has 1 aromatic carbocycles. The lowest BCUT2D eigenvalue weighted by atomic mass is 9.74.